The number of hydrogen-bond acceptors (Lipinski definition) is 5. The minimum Gasteiger partial charge on any atom is -0.376 e. The summed E-state index contributed by atoms with van der Waals surface area (Å²) in [4.78, 5) is 11.0. The van der Waals surface area contributed by atoms with Crippen LogP contribution >= 0.6 is 0 Å². The average Bonchev–Trinajstić information content (AvgIpc) is 2.96. The van der Waals surface area contributed by atoms with Gasteiger partial charge in [0, 0.05) is 32.9 Å². The van der Waals surface area contributed by atoms with Crippen molar-refractivity contribution in [3.63, 3.8) is 0 Å². The Morgan fingerprint density at radius 1 is 1.53 bits per heavy atom. The maximum absolute atomic E-state index is 5.58. The third-order valence-corrected chi connectivity index (χ3v) is 3.39. The Hall–Kier alpha value is -1.36. The lowest BCUT2D eigenvalue weighted by Gasteiger charge is -2.18. The topological polar surface area (TPSA) is 50.3 Å². The molecule has 0 saturated carbocycles. The van der Waals surface area contributed by atoms with Crippen LogP contribution in [0, 0.1) is 0 Å². The molecule has 1 aliphatic heterocycles. The molecule has 19 heavy (non-hydrogen) atoms. The van der Waals surface area contributed by atoms with Crippen molar-refractivity contribution in [2.75, 3.05) is 37.0 Å². The van der Waals surface area contributed by atoms with Gasteiger partial charge in [0.1, 0.15) is 5.82 Å². The van der Waals surface area contributed by atoms with Crippen LogP contribution in [0.3, 0.4) is 0 Å². The summed E-state index contributed by atoms with van der Waals surface area (Å²) in [6.45, 7) is 4.90. The highest BCUT2D eigenvalue weighted by atomic mass is 16.5. The van der Waals surface area contributed by atoms with Crippen molar-refractivity contribution in [1.29, 1.82) is 0 Å². The van der Waals surface area contributed by atoms with E-state index in [0.29, 0.717) is 12.1 Å². The fraction of sp³-hybridized carbons (Fsp3) is 0.714. The molecule has 1 aromatic rings. The van der Waals surface area contributed by atoms with Gasteiger partial charge in [-0.2, -0.15) is 4.98 Å². The number of aromatic nitrogens is 2. The van der Waals surface area contributed by atoms with E-state index in [9.17, 15) is 0 Å². The van der Waals surface area contributed by atoms with Crippen molar-refractivity contribution in [3.8, 4) is 0 Å². The number of anilines is 2. The van der Waals surface area contributed by atoms with Crippen LogP contribution in [0.2, 0.25) is 0 Å². The number of nitrogens with one attached hydrogen (secondary N) is 1. The SMILES string of the molecule is CCCCN(C)c1ccnc(NCC2CCCO2)n1. The molecule has 0 radical (unpaired) electrons. The van der Waals surface area contributed by atoms with Crippen LogP contribution in [0.4, 0.5) is 11.8 Å². The fourth-order valence-corrected chi connectivity index (χ4v) is 2.17. The monoisotopic (exact) mass is 264 g/mol. The summed E-state index contributed by atoms with van der Waals surface area (Å²) in [5.74, 6) is 1.66. The van der Waals surface area contributed by atoms with Crippen molar-refractivity contribution in [2.24, 2.45) is 0 Å². The van der Waals surface area contributed by atoms with Gasteiger partial charge in [0.05, 0.1) is 6.10 Å². The second-order valence-corrected chi connectivity index (χ2v) is 5.03. The fourth-order valence-electron chi connectivity index (χ4n) is 2.17. The highest BCUT2D eigenvalue weighted by molar-refractivity contribution is 5.41. The second kappa shape index (κ2) is 7.28. The van der Waals surface area contributed by atoms with Gasteiger partial charge >= 0.3 is 0 Å². The lowest BCUT2D eigenvalue weighted by molar-refractivity contribution is 0.120. The quantitative estimate of drug-likeness (QED) is 0.819. The number of unbranched alkanes of at least 4 members (excludes halogenated alkanes) is 1. The van der Waals surface area contributed by atoms with Crippen LogP contribution in [0.1, 0.15) is 32.6 Å². The Bertz CT molecular complexity index is 379. The van der Waals surface area contributed by atoms with E-state index in [-0.39, 0.29) is 0 Å². The molecule has 2 heterocycles. The van der Waals surface area contributed by atoms with Crippen molar-refractivity contribution in [3.05, 3.63) is 12.3 Å². The standard InChI is InChI=1S/C14H24N4O/c1-3-4-9-18(2)13-7-8-15-14(17-13)16-11-12-6-5-10-19-12/h7-8,12H,3-6,9-11H2,1-2H3,(H,15,16,17). The molecule has 0 spiro atoms. The molecule has 1 saturated heterocycles. The predicted molar refractivity (Wildman–Crippen MR) is 77.7 cm³/mol. The first-order chi connectivity index (χ1) is 9.29. The van der Waals surface area contributed by atoms with Gasteiger partial charge in [-0.15, -0.1) is 0 Å². The molecule has 1 unspecified atom stereocenters. The lowest BCUT2D eigenvalue weighted by Crippen LogP contribution is -2.22. The molecule has 5 heteroatoms. The third kappa shape index (κ3) is 4.35. The molecule has 0 bridgehead atoms. The van der Waals surface area contributed by atoms with E-state index in [2.05, 4.69) is 34.2 Å². The zero-order valence-electron chi connectivity index (χ0n) is 11.9. The summed E-state index contributed by atoms with van der Waals surface area (Å²) in [5, 5.41) is 3.26. The number of nitrogens with zero attached hydrogens (tertiary/aromatic N) is 3. The molecule has 0 aromatic carbocycles. The zero-order chi connectivity index (χ0) is 13.5. The highest BCUT2D eigenvalue weighted by Crippen LogP contribution is 2.14. The molecule has 106 valence electrons. The van der Waals surface area contributed by atoms with Gasteiger partial charge in [0.25, 0.3) is 0 Å². The Morgan fingerprint density at radius 3 is 3.16 bits per heavy atom. The molecule has 1 aliphatic rings. The van der Waals surface area contributed by atoms with E-state index in [1.807, 2.05) is 12.3 Å². The van der Waals surface area contributed by atoms with Crippen molar-refractivity contribution in [1.82, 2.24) is 9.97 Å². The summed E-state index contributed by atoms with van der Waals surface area (Å²) in [6, 6.07) is 1.95. The van der Waals surface area contributed by atoms with Crippen LogP contribution in [0.5, 0.6) is 0 Å². The van der Waals surface area contributed by atoms with Crippen LogP contribution in [0.25, 0.3) is 0 Å². The van der Waals surface area contributed by atoms with E-state index in [1.54, 1.807) is 0 Å². The smallest absolute Gasteiger partial charge is 0.224 e. The maximum Gasteiger partial charge on any atom is 0.224 e. The van der Waals surface area contributed by atoms with Gasteiger partial charge in [-0.25, -0.2) is 4.98 Å². The molecule has 1 aromatic heterocycles. The second-order valence-electron chi connectivity index (χ2n) is 5.03. The van der Waals surface area contributed by atoms with Crippen molar-refractivity contribution >= 4 is 11.8 Å². The summed E-state index contributed by atoms with van der Waals surface area (Å²) in [7, 11) is 2.07. The van der Waals surface area contributed by atoms with Crippen LogP contribution in [-0.4, -0.2) is 42.8 Å². The summed E-state index contributed by atoms with van der Waals surface area (Å²) >= 11 is 0. The normalized spacial score (nSPS) is 18.5. The molecule has 1 N–H and O–H groups in total. The molecule has 2 rings (SSSR count). The van der Waals surface area contributed by atoms with E-state index in [0.717, 1.165) is 38.4 Å². The van der Waals surface area contributed by atoms with Gasteiger partial charge < -0.3 is 15.0 Å². The van der Waals surface area contributed by atoms with Gasteiger partial charge in [0.2, 0.25) is 5.95 Å². The minimum atomic E-state index is 0.310. The van der Waals surface area contributed by atoms with E-state index >= 15 is 0 Å². The number of ether oxygens (including phenoxy) is 1. The van der Waals surface area contributed by atoms with E-state index < -0.39 is 0 Å². The Labute approximate surface area is 115 Å². The summed E-state index contributed by atoms with van der Waals surface area (Å²) in [5.41, 5.74) is 0. The average molecular weight is 264 g/mol. The maximum atomic E-state index is 5.58. The summed E-state index contributed by atoms with van der Waals surface area (Å²) in [6.07, 6.45) is 6.78. The first kappa shape index (κ1) is 14.1. The van der Waals surface area contributed by atoms with Gasteiger partial charge in [-0.1, -0.05) is 13.3 Å². The number of rotatable bonds is 7. The predicted octanol–water partition coefficient (Wildman–Crippen LogP) is 2.30. The first-order valence-corrected chi connectivity index (χ1v) is 7.19. The lowest BCUT2D eigenvalue weighted by atomic mass is 10.2. The van der Waals surface area contributed by atoms with Crippen molar-refractivity contribution < 1.29 is 4.74 Å². The Kier molecular flexibility index (Phi) is 5.39. The van der Waals surface area contributed by atoms with Crippen LogP contribution in [-0.2, 0) is 4.74 Å². The number of hydrogen-bond donors (Lipinski definition) is 1. The van der Waals surface area contributed by atoms with Gasteiger partial charge in [-0.05, 0) is 25.3 Å². The molecular formula is C14H24N4O. The minimum absolute atomic E-state index is 0.310. The van der Waals surface area contributed by atoms with Crippen LogP contribution < -0.4 is 10.2 Å². The largest absolute Gasteiger partial charge is 0.376 e. The van der Waals surface area contributed by atoms with Crippen molar-refractivity contribution in [2.45, 2.75) is 38.7 Å². The first-order valence-electron chi connectivity index (χ1n) is 7.19. The molecule has 0 aliphatic carbocycles. The van der Waals surface area contributed by atoms with Gasteiger partial charge in [-0.3, -0.25) is 0 Å². The van der Waals surface area contributed by atoms with Crippen LogP contribution in [0.15, 0.2) is 12.3 Å². The summed E-state index contributed by atoms with van der Waals surface area (Å²) < 4.78 is 5.58. The molecule has 5 nitrogen and oxygen atoms in total. The third-order valence-electron chi connectivity index (χ3n) is 3.39. The van der Waals surface area contributed by atoms with E-state index in [4.69, 9.17) is 4.74 Å². The van der Waals surface area contributed by atoms with Gasteiger partial charge in [0.15, 0.2) is 0 Å². The Morgan fingerprint density at radius 2 is 2.42 bits per heavy atom. The molecule has 0 amide bonds. The molecule has 1 atom stereocenters. The highest BCUT2D eigenvalue weighted by Gasteiger charge is 2.15. The van der Waals surface area contributed by atoms with E-state index in [1.165, 1.54) is 12.8 Å². The molecule has 1 fully saturated rings. The zero-order valence-corrected chi connectivity index (χ0v) is 11.9. The Balaban J connectivity index is 1.86. The molecular weight excluding hydrogens is 240 g/mol.